The highest BCUT2D eigenvalue weighted by molar-refractivity contribution is 8.00. The van der Waals surface area contributed by atoms with Crippen LogP contribution in [-0.4, -0.2) is 85.9 Å². The average molecular weight is 626 g/mol. The van der Waals surface area contributed by atoms with E-state index in [1.165, 1.54) is 19.3 Å². The largest absolute Gasteiger partial charge is 0.481 e. The minimum absolute atomic E-state index is 0.0542. The molecule has 0 fully saturated rings. The molecule has 4 atom stereocenters. The summed E-state index contributed by atoms with van der Waals surface area (Å²) in [7, 11) is 0. The summed E-state index contributed by atoms with van der Waals surface area (Å²) in [5.41, 5.74) is 5.43. The molecule has 12 nitrogen and oxygen atoms in total. The number of rotatable bonds is 25. The second-order valence-corrected chi connectivity index (χ2v) is 11.0. The molecule has 0 spiro atoms. The van der Waals surface area contributed by atoms with Gasteiger partial charge in [-0.05, 0) is 38.5 Å². The first-order chi connectivity index (χ1) is 20.5. The number of allylic oxidation sites excluding steroid dienone is 7. The number of hydrogen-bond acceptors (Lipinski definition) is 8. The van der Waals surface area contributed by atoms with Crippen molar-refractivity contribution in [2.75, 3.05) is 12.3 Å². The fourth-order valence-corrected chi connectivity index (χ4v) is 4.75. The van der Waals surface area contributed by atoms with Crippen LogP contribution in [0.3, 0.4) is 0 Å². The molecule has 0 aromatic carbocycles. The lowest BCUT2D eigenvalue weighted by Crippen LogP contribution is -2.50. The standard InChI is InChI=1S/C30H47N3O9S/c1-2-3-4-5-6-7-8-9-10-11-12-13-16-25(24(34)15-14-17-27(36)37)43-21-23(29(40)32-20-28(38)39)33-26(35)19-18-22(31)30(41)42/h6-7,9-13,16,22-25,34H,2-5,8,14-15,17-21,31H2,1H3,(H,32,40)(H,33,35)(H,36,37)(H,38,39)(H,41,42)/b7-6-,10-9-,12-11+,16-13+/t22-,23-,24+,25-/m0/s1. The Kier molecular flexibility index (Phi) is 23.1. The molecule has 0 unspecified atom stereocenters. The zero-order valence-electron chi connectivity index (χ0n) is 24.7. The van der Waals surface area contributed by atoms with E-state index in [0.29, 0.717) is 0 Å². The number of nitrogens with two attached hydrogens (primary N) is 1. The van der Waals surface area contributed by atoms with E-state index in [0.717, 1.165) is 24.6 Å². The van der Waals surface area contributed by atoms with Crippen LogP contribution in [0.2, 0.25) is 0 Å². The minimum Gasteiger partial charge on any atom is -0.481 e. The Morgan fingerprint density at radius 2 is 1.58 bits per heavy atom. The number of carboxylic acid groups (broad SMARTS) is 3. The molecular formula is C30H47N3O9S. The van der Waals surface area contributed by atoms with Crippen LogP contribution in [0, 0.1) is 0 Å². The van der Waals surface area contributed by atoms with Gasteiger partial charge in [0.15, 0.2) is 0 Å². The number of aliphatic carboxylic acids is 3. The minimum atomic E-state index is -1.28. The van der Waals surface area contributed by atoms with Gasteiger partial charge in [0, 0.05) is 23.8 Å². The van der Waals surface area contributed by atoms with Gasteiger partial charge in [0.25, 0.3) is 0 Å². The van der Waals surface area contributed by atoms with E-state index in [1.807, 2.05) is 18.2 Å². The molecule has 43 heavy (non-hydrogen) atoms. The van der Waals surface area contributed by atoms with Gasteiger partial charge in [0.05, 0.1) is 6.10 Å². The van der Waals surface area contributed by atoms with Crippen LogP contribution in [0.5, 0.6) is 0 Å². The topological polar surface area (TPSA) is 216 Å². The smallest absolute Gasteiger partial charge is 0.322 e. The molecule has 0 aliphatic heterocycles. The summed E-state index contributed by atoms with van der Waals surface area (Å²) < 4.78 is 0. The molecule has 13 heteroatoms. The van der Waals surface area contributed by atoms with Gasteiger partial charge in [-0.2, -0.15) is 0 Å². The number of aliphatic hydroxyl groups excluding tert-OH is 1. The van der Waals surface area contributed by atoms with E-state index >= 15 is 0 Å². The molecule has 0 heterocycles. The maximum Gasteiger partial charge on any atom is 0.322 e. The van der Waals surface area contributed by atoms with Gasteiger partial charge in [-0.25, -0.2) is 0 Å². The number of carboxylic acids is 3. The molecule has 2 amide bonds. The van der Waals surface area contributed by atoms with Crippen LogP contribution < -0.4 is 16.4 Å². The molecule has 0 radical (unpaired) electrons. The Labute approximate surface area is 257 Å². The highest BCUT2D eigenvalue weighted by Crippen LogP contribution is 2.22. The van der Waals surface area contributed by atoms with E-state index in [2.05, 4.69) is 29.7 Å². The Bertz CT molecular complexity index is 982. The lowest BCUT2D eigenvalue weighted by Gasteiger charge is -2.23. The number of thioether (sulfide) groups is 1. The number of hydrogen-bond donors (Lipinski definition) is 7. The van der Waals surface area contributed by atoms with Gasteiger partial charge in [0.1, 0.15) is 18.6 Å². The van der Waals surface area contributed by atoms with E-state index in [9.17, 15) is 29.1 Å². The Balaban J connectivity index is 5.38. The summed E-state index contributed by atoms with van der Waals surface area (Å²) in [6.07, 6.45) is 19.5. The third-order valence-electron chi connectivity index (χ3n) is 5.97. The molecule has 242 valence electrons. The van der Waals surface area contributed by atoms with Crippen LogP contribution in [0.4, 0.5) is 0 Å². The van der Waals surface area contributed by atoms with Crippen molar-refractivity contribution in [2.45, 2.75) is 94.6 Å². The first-order valence-corrected chi connectivity index (χ1v) is 15.5. The summed E-state index contributed by atoms with van der Waals surface area (Å²) in [6, 6.07) is -2.45. The van der Waals surface area contributed by atoms with Crippen molar-refractivity contribution in [2.24, 2.45) is 5.73 Å². The molecule has 8 N–H and O–H groups in total. The fraction of sp³-hybridized carbons (Fsp3) is 0.567. The molecular weight excluding hydrogens is 578 g/mol. The second kappa shape index (κ2) is 25.1. The zero-order chi connectivity index (χ0) is 32.5. The molecule has 0 aromatic heterocycles. The van der Waals surface area contributed by atoms with Crippen LogP contribution in [-0.2, 0) is 24.0 Å². The highest BCUT2D eigenvalue weighted by atomic mass is 32.2. The lowest BCUT2D eigenvalue weighted by molar-refractivity contribution is -0.139. The Hall–Kier alpha value is -3.42. The van der Waals surface area contributed by atoms with Crippen LogP contribution >= 0.6 is 11.8 Å². The maximum absolute atomic E-state index is 12.6. The number of nitrogens with one attached hydrogen (secondary N) is 2. The molecule has 0 rings (SSSR count). The van der Waals surface area contributed by atoms with Crippen molar-refractivity contribution in [1.29, 1.82) is 0 Å². The van der Waals surface area contributed by atoms with Crippen LogP contribution in [0.1, 0.15) is 71.1 Å². The Morgan fingerprint density at radius 3 is 2.23 bits per heavy atom. The molecule has 0 aliphatic carbocycles. The van der Waals surface area contributed by atoms with Crippen molar-refractivity contribution >= 4 is 41.5 Å². The molecule has 0 aliphatic rings. The SMILES string of the molecule is CCCCC/C=C\C\C=C/C=C/C=C/[C@H](SC[C@H](NC(=O)CC[C@H](N)C(=O)O)C(=O)NCC(=O)O)[C@H](O)CCCC(=O)O. The van der Waals surface area contributed by atoms with Crippen molar-refractivity contribution in [3.8, 4) is 0 Å². The van der Waals surface area contributed by atoms with Gasteiger partial charge >= 0.3 is 17.9 Å². The van der Waals surface area contributed by atoms with Crippen LogP contribution in [0.25, 0.3) is 0 Å². The quantitative estimate of drug-likeness (QED) is 0.0444. The molecule has 0 saturated carbocycles. The summed E-state index contributed by atoms with van der Waals surface area (Å²) in [6.45, 7) is 1.49. The monoisotopic (exact) mass is 625 g/mol. The molecule has 0 aromatic rings. The number of amides is 2. The van der Waals surface area contributed by atoms with E-state index in [1.54, 1.807) is 18.2 Å². The number of carbonyl (C=O) groups excluding carboxylic acids is 2. The van der Waals surface area contributed by atoms with Gasteiger partial charge in [-0.3, -0.25) is 24.0 Å². The van der Waals surface area contributed by atoms with Gasteiger partial charge in [-0.1, -0.05) is 68.4 Å². The van der Waals surface area contributed by atoms with Crippen molar-refractivity contribution in [3.63, 3.8) is 0 Å². The summed E-state index contributed by atoms with van der Waals surface area (Å²) in [4.78, 5) is 57.8. The predicted octanol–water partition coefficient (Wildman–Crippen LogP) is 2.78. The highest BCUT2D eigenvalue weighted by Gasteiger charge is 2.25. The first-order valence-electron chi connectivity index (χ1n) is 14.4. The lowest BCUT2D eigenvalue weighted by atomic mass is 10.1. The van der Waals surface area contributed by atoms with Crippen molar-refractivity contribution in [1.82, 2.24) is 10.6 Å². The Morgan fingerprint density at radius 1 is 0.860 bits per heavy atom. The molecule has 0 saturated heterocycles. The maximum atomic E-state index is 12.6. The second-order valence-electron chi connectivity index (χ2n) is 9.77. The van der Waals surface area contributed by atoms with Crippen molar-refractivity contribution < 1.29 is 44.4 Å². The van der Waals surface area contributed by atoms with Gasteiger partial charge < -0.3 is 36.8 Å². The first kappa shape index (κ1) is 39.6. The summed E-state index contributed by atoms with van der Waals surface area (Å²) >= 11 is 1.13. The third-order valence-corrected chi connectivity index (χ3v) is 7.36. The van der Waals surface area contributed by atoms with Gasteiger partial charge in [0.2, 0.25) is 11.8 Å². The molecule has 0 bridgehead atoms. The van der Waals surface area contributed by atoms with E-state index in [-0.39, 0.29) is 37.9 Å². The number of aliphatic hydroxyl groups is 1. The predicted molar refractivity (Wildman–Crippen MR) is 166 cm³/mol. The van der Waals surface area contributed by atoms with Crippen molar-refractivity contribution in [3.05, 3.63) is 48.6 Å². The van der Waals surface area contributed by atoms with E-state index < -0.39 is 59.7 Å². The zero-order valence-corrected chi connectivity index (χ0v) is 25.5. The summed E-state index contributed by atoms with van der Waals surface area (Å²) in [5.74, 6) is -5.01. The average Bonchev–Trinajstić information content (AvgIpc) is 2.95. The number of unbranched alkanes of at least 4 members (excludes halogenated alkanes) is 3. The fourth-order valence-electron chi connectivity index (χ4n) is 3.54. The third kappa shape index (κ3) is 22.8. The normalized spacial score (nSPS) is 14.7. The number of carbonyl (C=O) groups is 5. The van der Waals surface area contributed by atoms with Crippen LogP contribution in [0.15, 0.2) is 48.6 Å². The van der Waals surface area contributed by atoms with E-state index in [4.69, 9.17) is 21.1 Å². The summed E-state index contributed by atoms with van der Waals surface area (Å²) in [5, 5.41) is 41.6. The van der Waals surface area contributed by atoms with Gasteiger partial charge in [-0.15, -0.1) is 11.8 Å².